The van der Waals surface area contributed by atoms with Crippen molar-refractivity contribution in [3.8, 4) is 0 Å². The molecule has 11 heavy (non-hydrogen) atoms. The van der Waals surface area contributed by atoms with Crippen LogP contribution >= 0.6 is 0 Å². The summed E-state index contributed by atoms with van der Waals surface area (Å²) in [5, 5.41) is 0. The second-order valence-corrected chi connectivity index (χ2v) is 4.54. The average molecular weight is 153 g/mol. The van der Waals surface area contributed by atoms with Gasteiger partial charge in [-0.25, -0.2) is 0 Å². The van der Waals surface area contributed by atoms with E-state index >= 15 is 0 Å². The second kappa shape index (κ2) is 2.48. The van der Waals surface area contributed by atoms with Crippen LogP contribution in [0.3, 0.4) is 0 Å². The van der Waals surface area contributed by atoms with Crippen LogP contribution in [0.25, 0.3) is 0 Å². The van der Waals surface area contributed by atoms with Crippen LogP contribution < -0.4 is 5.73 Å². The summed E-state index contributed by atoms with van der Waals surface area (Å²) in [4.78, 5) is 0. The smallest absolute Gasteiger partial charge is 0.0102 e. The van der Waals surface area contributed by atoms with Crippen LogP contribution in [0, 0.1) is 11.3 Å². The highest BCUT2D eigenvalue weighted by atomic mass is 14.8. The van der Waals surface area contributed by atoms with Gasteiger partial charge in [-0.15, -0.1) is 0 Å². The topological polar surface area (TPSA) is 26.0 Å². The molecule has 0 aromatic rings. The van der Waals surface area contributed by atoms with Gasteiger partial charge in [0.05, 0.1) is 0 Å². The quantitative estimate of drug-likeness (QED) is 0.614. The molecule has 2 N–H and O–H groups in total. The molecule has 0 aromatic carbocycles. The first-order valence-corrected chi connectivity index (χ1v) is 5.02. The molecular weight excluding hydrogens is 134 g/mol. The Morgan fingerprint density at radius 2 is 2.18 bits per heavy atom. The summed E-state index contributed by atoms with van der Waals surface area (Å²) in [6.07, 6.45) is 8.45. The summed E-state index contributed by atoms with van der Waals surface area (Å²) in [6, 6.07) is 0.567. The molecule has 0 amide bonds. The Labute approximate surface area is 69.4 Å². The van der Waals surface area contributed by atoms with Crippen molar-refractivity contribution in [2.75, 3.05) is 0 Å². The molecule has 0 saturated heterocycles. The minimum atomic E-state index is 0.567. The van der Waals surface area contributed by atoms with Crippen LogP contribution in [0.5, 0.6) is 0 Å². The van der Waals surface area contributed by atoms with Crippen LogP contribution in [0.4, 0.5) is 0 Å². The molecule has 0 aliphatic heterocycles. The molecule has 2 aliphatic carbocycles. The first kappa shape index (κ1) is 7.60. The number of hydrogen-bond donors (Lipinski definition) is 1. The molecule has 1 heteroatoms. The molecule has 64 valence electrons. The van der Waals surface area contributed by atoms with Crippen molar-refractivity contribution in [1.82, 2.24) is 0 Å². The van der Waals surface area contributed by atoms with Gasteiger partial charge in [-0.3, -0.25) is 0 Å². The zero-order chi connectivity index (χ0) is 7.90. The predicted octanol–water partition coefficient (Wildman–Crippen LogP) is 2.30. The first-order chi connectivity index (χ1) is 5.27. The van der Waals surface area contributed by atoms with E-state index in [1.54, 1.807) is 0 Å². The Balaban J connectivity index is 1.94. The Hall–Kier alpha value is -0.0400. The van der Waals surface area contributed by atoms with Gasteiger partial charge >= 0.3 is 0 Å². The fourth-order valence-corrected chi connectivity index (χ4v) is 2.77. The lowest BCUT2D eigenvalue weighted by atomic mass is 9.77. The maximum atomic E-state index is 5.95. The van der Waals surface area contributed by atoms with E-state index in [1.807, 2.05) is 0 Å². The number of hydrogen-bond acceptors (Lipinski definition) is 1. The van der Waals surface area contributed by atoms with Gasteiger partial charge in [0.15, 0.2) is 0 Å². The highest BCUT2D eigenvalue weighted by molar-refractivity contribution is 5.07. The molecule has 2 saturated carbocycles. The molecule has 0 heterocycles. The van der Waals surface area contributed by atoms with Gasteiger partial charge in [0.25, 0.3) is 0 Å². The third-order valence-electron chi connectivity index (χ3n) is 3.81. The van der Waals surface area contributed by atoms with E-state index < -0.39 is 0 Å². The number of rotatable bonds is 1. The monoisotopic (exact) mass is 153 g/mol. The average Bonchev–Trinajstić information content (AvgIpc) is 2.61. The molecule has 1 spiro atoms. The third kappa shape index (κ3) is 1.20. The molecule has 0 radical (unpaired) electrons. The van der Waals surface area contributed by atoms with E-state index in [0.717, 1.165) is 5.92 Å². The minimum Gasteiger partial charge on any atom is -0.327 e. The van der Waals surface area contributed by atoms with E-state index in [2.05, 4.69) is 6.92 Å². The van der Waals surface area contributed by atoms with Crippen LogP contribution in [0.15, 0.2) is 0 Å². The maximum Gasteiger partial charge on any atom is 0.0102 e. The van der Waals surface area contributed by atoms with E-state index in [-0.39, 0.29) is 0 Å². The predicted molar refractivity (Wildman–Crippen MR) is 47.3 cm³/mol. The van der Waals surface area contributed by atoms with Crippen LogP contribution in [0.1, 0.15) is 45.4 Å². The molecule has 2 rings (SSSR count). The fourth-order valence-electron chi connectivity index (χ4n) is 2.77. The summed E-state index contributed by atoms with van der Waals surface area (Å²) in [7, 11) is 0. The zero-order valence-corrected chi connectivity index (χ0v) is 7.47. The largest absolute Gasteiger partial charge is 0.327 e. The Morgan fingerprint density at radius 3 is 2.73 bits per heavy atom. The Bertz CT molecular complexity index is 155. The van der Waals surface area contributed by atoms with Gasteiger partial charge in [0.2, 0.25) is 0 Å². The van der Waals surface area contributed by atoms with Gasteiger partial charge < -0.3 is 5.73 Å². The number of nitrogens with two attached hydrogens (primary N) is 1. The van der Waals surface area contributed by atoms with Crippen molar-refractivity contribution in [1.29, 1.82) is 0 Å². The van der Waals surface area contributed by atoms with Crippen molar-refractivity contribution in [2.24, 2.45) is 17.1 Å². The summed E-state index contributed by atoms with van der Waals surface area (Å²) in [5.41, 5.74) is 6.59. The molecule has 0 aromatic heterocycles. The van der Waals surface area contributed by atoms with Crippen molar-refractivity contribution in [3.63, 3.8) is 0 Å². The highest BCUT2D eigenvalue weighted by Crippen LogP contribution is 2.56. The van der Waals surface area contributed by atoms with Gasteiger partial charge in [-0.05, 0) is 30.6 Å². The van der Waals surface area contributed by atoms with Gasteiger partial charge in [-0.2, -0.15) is 0 Å². The van der Waals surface area contributed by atoms with Crippen LogP contribution in [-0.4, -0.2) is 6.04 Å². The van der Waals surface area contributed by atoms with Gasteiger partial charge in [0.1, 0.15) is 0 Å². The molecule has 2 aliphatic rings. The molecular formula is C10H19N. The van der Waals surface area contributed by atoms with E-state index in [1.165, 1.54) is 38.5 Å². The Kier molecular flexibility index (Phi) is 1.71. The fraction of sp³-hybridized carbons (Fsp3) is 1.00. The summed E-state index contributed by atoms with van der Waals surface area (Å²) in [6.45, 7) is 2.32. The maximum absolute atomic E-state index is 5.95. The Morgan fingerprint density at radius 1 is 1.45 bits per heavy atom. The van der Waals surface area contributed by atoms with E-state index in [9.17, 15) is 0 Å². The molecule has 2 fully saturated rings. The SMILES string of the molecule is CCC1CCCC2(C1)CC2N. The van der Waals surface area contributed by atoms with Gasteiger partial charge in [-0.1, -0.05) is 26.2 Å². The van der Waals surface area contributed by atoms with Crippen LogP contribution in [-0.2, 0) is 0 Å². The van der Waals surface area contributed by atoms with Crippen LogP contribution in [0.2, 0.25) is 0 Å². The summed E-state index contributed by atoms with van der Waals surface area (Å²) < 4.78 is 0. The molecule has 0 bridgehead atoms. The molecule has 3 atom stereocenters. The third-order valence-corrected chi connectivity index (χ3v) is 3.81. The lowest BCUT2D eigenvalue weighted by molar-refractivity contribution is 0.236. The van der Waals surface area contributed by atoms with E-state index in [4.69, 9.17) is 5.73 Å². The van der Waals surface area contributed by atoms with Crippen molar-refractivity contribution >= 4 is 0 Å². The summed E-state index contributed by atoms with van der Waals surface area (Å²) in [5.74, 6) is 0.997. The summed E-state index contributed by atoms with van der Waals surface area (Å²) >= 11 is 0. The first-order valence-electron chi connectivity index (χ1n) is 5.02. The van der Waals surface area contributed by atoms with Crippen molar-refractivity contribution in [2.45, 2.75) is 51.5 Å². The lowest BCUT2D eigenvalue weighted by Gasteiger charge is -2.28. The molecule has 3 unspecified atom stereocenters. The highest BCUT2D eigenvalue weighted by Gasteiger charge is 2.53. The normalized spacial score (nSPS) is 49.6. The standard InChI is InChI=1S/C10H19N/c1-2-8-4-3-5-10(6-8)7-9(10)11/h8-9H,2-7,11H2,1H3. The lowest BCUT2D eigenvalue weighted by Crippen LogP contribution is -2.22. The second-order valence-electron chi connectivity index (χ2n) is 4.54. The minimum absolute atomic E-state index is 0.567. The van der Waals surface area contributed by atoms with E-state index in [0.29, 0.717) is 11.5 Å². The molecule has 1 nitrogen and oxygen atoms in total. The van der Waals surface area contributed by atoms with Gasteiger partial charge in [0, 0.05) is 6.04 Å². The zero-order valence-electron chi connectivity index (χ0n) is 7.47. The van der Waals surface area contributed by atoms with Crippen molar-refractivity contribution < 1.29 is 0 Å². The van der Waals surface area contributed by atoms with Crippen molar-refractivity contribution in [3.05, 3.63) is 0 Å².